The highest BCUT2D eigenvalue weighted by Gasteiger charge is 2.18. The van der Waals surface area contributed by atoms with Crippen molar-refractivity contribution in [2.24, 2.45) is 0 Å². The van der Waals surface area contributed by atoms with E-state index in [9.17, 15) is 4.79 Å². The van der Waals surface area contributed by atoms with Gasteiger partial charge < -0.3 is 0 Å². The van der Waals surface area contributed by atoms with Crippen molar-refractivity contribution in [3.8, 4) is 5.82 Å². The first-order valence-electron chi connectivity index (χ1n) is 7.92. The average Bonchev–Trinajstić information content (AvgIpc) is 3.03. The predicted molar refractivity (Wildman–Crippen MR) is 101 cm³/mol. The number of pyridine rings is 1. The summed E-state index contributed by atoms with van der Waals surface area (Å²) in [6.45, 7) is 0. The maximum absolute atomic E-state index is 13.2. The second-order valence-electron chi connectivity index (χ2n) is 5.66. The minimum absolute atomic E-state index is 0.223. The van der Waals surface area contributed by atoms with Crippen LogP contribution in [-0.2, 0) is 0 Å². The van der Waals surface area contributed by atoms with Crippen LogP contribution in [0.15, 0.2) is 64.8 Å². The molecule has 0 N–H and O–H groups in total. The van der Waals surface area contributed by atoms with Gasteiger partial charge >= 0.3 is 0 Å². The SMILES string of the molecule is CSc1ncc2c(=O)n3c(nc2n1)c1ccccc1n3-c1ccccn1. The number of hydrogen-bond donors (Lipinski definition) is 0. The van der Waals surface area contributed by atoms with E-state index in [-0.39, 0.29) is 5.56 Å². The van der Waals surface area contributed by atoms with Crippen molar-refractivity contribution >= 4 is 39.3 Å². The standard InChI is InChI=1S/C18H12N6OS/c1-26-18-20-10-12-15(22-18)21-16-11-6-2-3-7-13(11)23(24(16)17(12)25)14-8-4-5-9-19-14/h2-10H,1H3. The van der Waals surface area contributed by atoms with E-state index in [1.807, 2.05) is 48.7 Å². The van der Waals surface area contributed by atoms with Crippen LogP contribution in [0.1, 0.15) is 0 Å². The lowest BCUT2D eigenvalue weighted by molar-refractivity contribution is 0.771. The normalized spacial score (nSPS) is 11.6. The zero-order chi connectivity index (χ0) is 17.7. The van der Waals surface area contributed by atoms with Gasteiger partial charge in [0.25, 0.3) is 5.56 Å². The van der Waals surface area contributed by atoms with Crippen molar-refractivity contribution in [3.05, 3.63) is 65.2 Å². The van der Waals surface area contributed by atoms with Crippen molar-refractivity contribution in [1.29, 1.82) is 0 Å². The molecule has 26 heavy (non-hydrogen) atoms. The summed E-state index contributed by atoms with van der Waals surface area (Å²) < 4.78 is 3.32. The Labute approximate surface area is 151 Å². The first-order chi connectivity index (χ1) is 12.8. The van der Waals surface area contributed by atoms with Crippen LogP contribution >= 0.6 is 11.8 Å². The second kappa shape index (κ2) is 5.63. The summed E-state index contributed by atoms with van der Waals surface area (Å²) >= 11 is 1.41. The molecule has 0 aliphatic rings. The van der Waals surface area contributed by atoms with E-state index < -0.39 is 0 Å². The molecule has 0 radical (unpaired) electrons. The zero-order valence-corrected chi connectivity index (χ0v) is 14.5. The van der Waals surface area contributed by atoms with E-state index in [0.29, 0.717) is 27.7 Å². The van der Waals surface area contributed by atoms with Gasteiger partial charge in [-0.15, -0.1) is 0 Å². The number of rotatable bonds is 2. The van der Waals surface area contributed by atoms with Crippen LogP contribution in [0.2, 0.25) is 0 Å². The highest BCUT2D eigenvalue weighted by molar-refractivity contribution is 7.98. The molecule has 5 rings (SSSR count). The van der Waals surface area contributed by atoms with Crippen molar-refractivity contribution in [3.63, 3.8) is 0 Å². The van der Waals surface area contributed by atoms with Gasteiger partial charge in [0.2, 0.25) is 0 Å². The molecule has 0 saturated carbocycles. The van der Waals surface area contributed by atoms with Crippen molar-refractivity contribution in [2.45, 2.75) is 5.16 Å². The number of aromatic nitrogens is 6. The maximum atomic E-state index is 13.2. The number of fused-ring (bicyclic) bond motifs is 4. The fraction of sp³-hybridized carbons (Fsp3) is 0.0556. The molecule has 126 valence electrons. The summed E-state index contributed by atoms with van der Waals surface area (Å²) in [4.78, 5) is 30.9. The third-order valence-electron chi connectivity index (χ3n) is 4.20. The van der Waals surface area contributed by atoms with Crippen LogP contribution in [0.5, 0.6) is 0 Å². The van der Waals surface area contributed by atoms with Crippen LogP contribution in [0.25, 0.3) is 33.4 Å². The minimum atomic E-state index is -0.223. The Balaban J connectivity index is 2.03. The molecule has 0 bridgehead atoms. The molecule has 0 aliphatic heterocycles. The molecule has 7 nitrogen and oxygen atoms in total. The molecular weight excluding hydrogens is 348 g/mol. The lowest BCUT2D eigenvalue weighted by Gasteiger charge is -2.07. The van der Waals surface area contributed by atoms with Gasteiger partial charge in [-0.25, -0.2) is 24.6 Å². The largest absolute Gasteiger partial charge is 0.284 e. The molecule has 0 atom stereocenters. The highest BCUT2D eigenvalue weighted by Crippen LogP contribution is 2.24. The number of thioether (sulfide) groups is 1. The summed E-state index contributed by atoms with van der Waals surface area (Å²) in [7, 11) is 0. The van der Waals surface area contributed by atoms with Crippen LogP contribution in [-0.4, -0.2) is 35.4 Å². The fourth-order valence-electron chi connectivity index (χ4n) is 3.07. The fourth-order valence-corrected chi connectivity index (χ4v) is 3.41. The van der Waals surface area contributed by atoms with Crippen molar-refractivity contribution in [1.82, 2.24) is 29.1 Å². The molecule has 0 aliphatic carbocycles. The minimum Gasteiger partial charge on any atom is -0.266 e. The highest BCUT2D eigenvalue weighted by atomic mass is 32.2. The Morgan fingerprint density at radius 3 is 2.62 bits per heavy atom. The Kier molecular flexibility index (Phi) is 3.26. The van der Waals surface area contributed by atoms with E-state index in [1.54, 1.807) is 10.9 Å². The van der Waals surface area contributed by atoms with Gasteiger partial charge in [0.05, 0.1) is 5.52 Å². The summed E-state index contributed by atoms with van der Waals surface area (Å²) in [5.74, 6) is 0.642. The monoisotopic (exact) mass is 360 g/mol. The van der Waals surface area contributed by atoms with E-state index in [0.717, 1.165) is 10.9 Å². The Bertz CT molecular complexity index is 1340. The Hall–Kier alpha value is -3.26. The molecule has 5 aromatic rings. The van der Waals surface area contributed by atoms with E-state index in [1.165, 1.54) is 22.5 Å². The molecule has 0 saturated heterocycles. The zero-order valence-electron chi connectivity index (χ0n) is 13.7. The lowest BCUT2D eigenvalue weighted by Crippen LogP contribution is -2.22. The van der Waals surface area contributed by atoms with Crippen LogP contribution in [0.4, 0.5) is 0 Å². The molecule has 0 amide bonds. The predicted octanol–water partition coefficient (Wildman–Crippen LogP) is 2.70. The Morgan fingerprint density at radius 1 is 0.962 bits per heavy atom. The van der Waals surface area contributed by atoms with Gasteiger partial charge in [-0.05, 0) is 30.5 Å². The molecule has 0 fully saturated rings. The summed E-state index contributed by atoms with van der Waals surface area (Å²) in [6.07, 6.45) is 5.12. The molecule has 0 spiro atoms. The quantitative estimate of drug-likeness (QED) is 0.356. The van der Waals surface area contributed by atoms with Gasteiger partial charge in [0, 0.05) is 17.8 Å². The van der Waals surface area contributed by atoms with Gasteiger partial charge in [0.15, 0.2) is 22.3 Å². The van der Waals surface area contributed by atoms with Gasteiger partial charge in [-0.1, -0.05) is 30.0 Å². The molecular formula is C18H12N6OS. The molecule has 4 heterocycles. The number of benzene rings is 1. The molecule has 1 aromatic carbocycles. The van der Waals surface area contributed by atoms with Crippen LogP contribution in [0, 0.1) is 0 Å². The van der Waals surface area contributed by atoms with Gasteiger partial charge in [-0.2, -0.15) is 4.52 Å². The average molecular weight is 360 g/mol. The molecule has 8 heteroatoms. The van der Waals surface area contributed by atoms with E-state index >= 15 is 0 Å². The number of hydrogen-bond acceptors (Lipinski definition) is 6. The summed E-state index contributed by atoms with van der Waals surface area (Å²) in [5.41, 5.74) is 1.58. The van der Waals surface area contributed by atoms with Crippen molar-refractivity contribution in [2.75, 3.05) is 6.26 Å². The summed E-state index contributed by atoms with van der Waals surface area (Å²) in [6, 6.07) is 13.3. The first-order valence-corrected chi connectivity index (χ1v) is 9.15. The Morgan fingerprint density at radius 2 is 1.81 bits per heavy atom. The number of nitrogens with zero attached hydrogens (tertiary/aromatic N) is 6. The third-order valence-corrected chi connectivity index (χ3v) is 4.77. The smallest absolute Gasteiger partial charge is 0.266 e. The van der Waals surface area contributed by atoms with E-state index in [2.05, 4.69) is 19.9 Å². The van der Waals surface area contributed by atoms with Gasteiger partial charge in [-0.3, -0.25) is 4.79 Å². The molecule has 0 unspecified atom stereocenters. The van der Waals surface area contributed by atoms with E-state index in [4.69, 9.17) is 0 Å². The third kappa shape index (κ3) is 2.05. The first kappa shape index (κ1) is 15.0. The second-order valence-corrected chi connectivity index (χ2v) is 6.44. The lowest BCUT2D eigenvalue weighted by atomic mass is 10.2. The number of para-hydroxylation sites is 1. The van der Waals surface area contributed by atoms with Gasteiger partial charge in [0.1, 0.15) is 5.39 Å². The van der Waals surface area contributed by atoms with Crippen LogP contribution in [0.3, 0.4) is 0 Å². The summed E-state index contributed by atoms with van der Waals surface area (Å²) in [5, 5.41) is 1.82. The topological polar surface area (TPSA) is 78.0 Å². The van der Waals surface area contributed by atoms with Crippen molar-refractivity contribution < 1.29 is 0 Å². The van der Waals surface area contributed by atoms with Crippen LogP contribution < -0.4 is 5.56 Å². The maximum Gasteiger partial charge on any atom is 0.284 e. The molecule has 4 aromatic heterocycles.